The largest absolute Gasteiger partial charge is 0.381 e. The summed E-state index contributed by atoms with van der Waals surface area (Å²) in [6, 6.07) is 1.37. The molecular weight excluding hydrogens is 408 g/mol. The highest BCUT2D eigenvalue weighted by atomic mass is 19.3. The molecule has 0 bridgehead atoms. The first-order chi connectivity index (χ1) is 14.7. The van der Waals surface area contributed by atoms with Gasteiger partial charge in [0.1, 0.15) is 5.82 Å². The third kappa shape index (κ3) is 5.41. The molecule has 2 aromatic rings. The van der Waals surface area contributed by atoms with Gasteiger partial charge in [0.2, 0.25) is 11.9 Å². The van der Waals surface area contributed by atoms with Crippen LogP contribution in [0.3, 0.4) is 0 Å². The number of nitrogens with two attached hydrogens (primary N) is 1. The minimum atomic E-state index is -3.04. The zero-order valence-corrected chi connectivity index (χ0v) is 17.3. The zero-order valence-electron chi connectivity index (χ0n) is 17.3. The monoisotopic (exact) mass is 433 g/mol. The molecule has 0 spiro atoms. The van der Waals surface area contributed by atoms with Gasteiger partial charge >= 0.3 is 0 Å². The number of alkyl halides is 2. The van der Waals surface area contributed by atoms with E-state index in [0.717, 1.165) is 38.6 Å². The summed E-state index contributed by atoms with van der Waals surface area (Å²) in [4.78, 5) is 36.1. The fourth-order valence-corrected chi connectivity index (χ4v) is 3.54. The Hall–Kier alpha value is -3.37. The van der Waals surface area contributed by atoms with E-state index in [9.17, 15) is 18.4 Å². The fourth-order valence-electron chi connectivity index (χ4n) is 3.54. The molecule has 3 rings (SSSR count). The second kappa shape index (κ2) is 9.19. The molecule has 1 fully saturated rings. The Kier molecular flexibility index (Phi) is 6.62. The highest BCUT2D eigenvalue weighted by Crippen LogP contribution is 2.30. The summed E-state index contributed by atoms with van der Waals surface area (Å²) in [6.07, 6.45) is 6.72. The molecule has 0 aliphatic heterocycles. The number of carbonyl (C=O) groups is 2. The molecule has 0 saturated heterocycles. The third-order valence-corrected chi connectivity index (χ3v) is 5.25. The van der Waals surface area contributed by atoms with Crippen LogP contribution in [0.5, 0.6) is 0 Å². The number of halogens is 2. The normalized spacial score (nSPS) is 18.8. The number of aromatic nitrogens is 3. The fraction of sp³-hybridized carbons (Fsp3) is 0.450. The lowest BCUT2D eigenvalue weighted by molar-refractivity contribution is -0.122. The van der Waals surface area contributed by atoms with E-state index in [-0.39, 0.29) is 35.3 Å². The highest BCUT2D eigenvalue weighted by Gasteiger charge is 2.30. The maximum absolute atomic E-state index is 13.3. The number of anilines is 3. The van der Waals surface area contributed by atoms with Crippen LogP contribution in [-0.4, -0.2) is 39.9 Å². The number of rotatable bonds is 7. The molecule has 0 unspecified atom stereocenters. The minimum Gasteiger partial charge on any atom is -0.381 e. The molecule has 5 N–H and O–H groups in total. The van der Waals surface area contributed by atoms with E-state index in [1.165, 1.54) is 13.2 Å². The van der Waals surface area contributed by atoms with Crippen LogP contribution < -0.4 is 21.7 Å². The van der Waals surface area contributed by atoms with Crippen LogP contribution in [0.2, 0.25) is 0 Å². The van der Waals surface area contributed by atoms with E-state index < -0.39 is 5.92 Å². The van der Waals surface area contributed by atoms with Crippen molar-refractivity contribution < 1.29 is 18.4 Å². The molecule has 2 atom stereocenters. The zero-order chi connectivity index (χ0) is 22.6. The van der Waals surface area contributed by atoms with Crippen molar-refractivity contribution in [1.82, 2.24) is 20.3 Å². The highest BCUT2D eigenvalue weighted by molar-refractivity contribution is 5.99. The molecule has 1 saturated carbocycles. The predicted octanol–water partition coefficient (Wildman–Crippen LogP) is 2.54. The molecule has 0 aromatic carbocycles. The number of nitrogens with one attached hydrogen (secondary N) is 3. The Morgan fingerprint density at radius 3 is 2.42 bits per heavy atom. The van der Waals surface area contributed by atoms with Crippen LogP contribution in [0, 0.1) is 5.92 Å². The molecular formula is C20H25F2N7O2. The first-order valence-corrected chi connectivity index (χ1v) is 9.94. The van der Waals surface area contributed by atoms with Gasteiger partial charge in [-0.05, 0) is 12.8 Å². The van der Waals surface area contributed by atoms with Crippen molar-refractivity contribution >= 4 is 29.3 Å². The quantitative estimate of drug-likeness (QED) is 0.527. The Morgan fingerprint density at radius 2 is 1.81 bits per heavy atom. The molecule has 2 heterocycles. The Bertz CT molecular complexity index is 948. The van der Waals surface area contributed by atoms with Gasteiger partial charge < -0.3 is 21.7 Å². The molecule has 0 radical (unpaired) electrons. The van der Waals surface area contributed by atoms with Crippen LogP contribution in [0.25, 0.3) is 0 Å². The molecule has 11 heteroatoms. The summed E-state index contributed by atoms with van der Waals surface area (Å²) in [6.45, 7) is 0.764. The number of nitrogens with zero attached hydrogens (tertiary/aromatic N) is 3. The van der Waals surface area contributed by atoms with E-state index in [0.29, 0.717) is 23.5 Å². The molecule has 1 aliphatic rings. The smallest absolute Gasteiger partial charge is 0.273 e. The molecule has 31 heavy (non-hydrogen) atoms. The summed E-state index contributed by atoms with van der Waals surface area (Å²) < 4.78 is 26.7. The van der Waals surface area contributed by atoms with Gasteiger partial charge in [-0.15, -0.1) is 0 Å². The topological polar surface area (TPSA) is 135 Å². The Balaban J connectivity index is 1.86. The molecule has 1 aliphatic carbocycles. The SMILES string of the molecule is CNC(=O)c1cnc(Nc2ncc(C(C)(F)F)cn2)cc1N[C@@H]1CCCC[C@@H]1C(N)=O. The first-order valence-electron chi connectivity index (χ1n) is 9.94. The molecule has 2 aromatic heterocycles. The summed E-state index contributed by atoms with van der Waals surface area (Å²) in [5, 5.41) is 8.66. The van der Waals surface area contributed by atoms with Gasteiger partial charge in [-0.3, -0.25) is 9.59 Å². The number of hydrogen-bond acceptors (Lipinski definition) is 7. The maximum atomic E-state index is 13.3. The van der Waals surface area contributed by atoms with Gasteiger partial charge in [0.15, 0.2) is 0 Å². The van der Waals surface area contributed by atoms with Gasteiger partial charge in [0.25, 0.3) is 11.8 Å². The van der Waals surface area contributed by atoms with Gasteiger partial charge in [-0.1, -0.05) is 12.8 Å². The van der Waals surface area contributed by atoms with Gasteiger partial charge in [0.05, 0.1) is 22.7 Å². The second-order valence-electron chi connectivity index (χ2n) is 7.55. The molecule has 166 valence electrons. The van der Waals surface area contributed by atoms with E-state index >= 15 is 0 Å². The number of amides is 2. The van der Waals surface area contributed by atoms with Crippen molar-refractivity contribution in [3.8, 4) is 0 Å². The van der Waals surface area contributed by atoms with Crippen LogP contribution in [0.4, 0.5) is 26.2 Å². The minimum absolute atomic E-state index is 0.0758. The molecule has 9 nitrogen and oxygen atoms in total. The lowest BCUT2D eigenvalue weighted by Crippen LogP contribution is -2.41. The van der Waals surface area contributed by atoms with E-state index in [4.69, 9.17) is 5.73 Å². The third-order valence-electron chi connectivity index (χ3n) is 5.25. The average molecular weight is 433 g/mol. The first kappa shape index (κ1) is 22.3. The Morgan fingerprint density at radius 1 is 1.13 bits per heavy atom. The maximum Gasteiger partial charge on any atom is 0.273 e. The number of hydrogen-bond donors (Lipinski definition) is 4. The van der Waals surface area contributed by atoms with Crippen molar-refractivity contribution in [3.05, 3.63) is 35.8 Å². The number of primary amides is 1. The van der Waals surface area contributed by atoms with Crippen LogP contribution in [0.15, 0.2) is 24.7 Å². The summed E-state index contributed by atoms with van der Waals surface area (Å²) in [7, 11) is 1.50. The van der Waals surface area contributed by atoms with Crippen molar-refractivity contribution in [2.75, 3.05) is 17.7 Å². The second-order valence-corrected chi connectivity index (χ2v) is 7.55. The van der Waals surface area contributed by atoms with Crippen LogP contribution in [0.1, 0.15) is 48.5 Å². The lowest BCUT2D eigenvalue weighted by Gasteiger charge is -2.31. The predicted molar refractivity (Wildman–Crippen MR) is 111 cm³/mol. The van der Waals surface area contributed by atoms with Crippen molar-refractivity contribution in [3.63, 3.8) is 0 Å². The van der Waals surface area contributed by atoms with Gasteiger partial charge in [0, 0.05) is 44.7 Å². The van der Waals surface area contributed by atoms with Crippen LogP contribution in [-0.2, 0) is 10.7 Å². The summed E-state index contributed by atoms with van der Waals surface area (Å²) in [5.41, 5.74) is 6.01. The summed E-state index contributed by atoms with van der Waals surface area (Å²) >= 11 is 0. The van der Waals surface area contributed by atoms with Crippen molar-refractivity contribution in [2.45, 2.75) is 44.6 Å². The van der Waals surface area contributed by atoms with Crippen LogP contribution >= 0.6 is 0 Å². The van der Waals surface area contributed by atoms with Gasteiger partial charge in [-0.25, -0.2) is 23.7 Å². The van der Waals surface area contributed by atoms with E-state index in [2.05, 4.69) is 30.9 Å². The Labute approximate surface area is 178 Å². The van der Waals surface area contributed by atoms with E-state index in [1.807, 2.05) is 0 Å². The van der Waals surface area contributed by atoms with E-state index in [1.54, 1.807) is 6.07 Å². The van der Waals surface area contributed by atoms with Crippen molar-refractivity contribution in [1.29, 1.82) is 0 Å². The lowest BCUT2D eigenvalue weighted by atomic mass is 9.84. The number of pyridine rings is 1. The number of carbonyl (C=O) groups excluding carboxylic acids is 2. The van der Waals surface area contributed by atoms with Gasteiger partial charge in [-0.2, -0.15) is 0 Å². The molecule has 2 amide bonds. The van der Waals surface area contributed by atoms with Crippen molar-refractivity contribution in [2.24, 2.45) is 11.7 Å². The summed E-state index contributed by atoms with van der Waals surface area (Å²) in [5.74, 6) is -3.74. The standard InChI is InChI=1S/C20H25F2N7O2/c1-20(21,22)11-8-26-19(27-9-11)29-16-7-15(13(10-25-16)18(31)24-2)28-14-6-4-3-5-12(14)17(23)30/h7-10,12,14H,3-6H2,1-2H3,(H2,23,30)(H,24,31)(H2,25,26,27,28,29)/t12-,14+/m0/s1. The average Bonchev–Trinajstić information content (AvgIpc) is 2.73.